The lowest BCUT2D eigenvalue weighted by Crippen LogP contribution is -2.55. The van der Waals surface area contributed by atoms with Crippen LogP contribution in [-0.4, -0.2) is 47.4 Å². The van der Waals surface area contributed by atoms with Crippen molar-refractivity contribution < 1.29 is 17.9 Å². The minimum Gasteiger partial charge on any atom is -0.385 e. The Bertz CT molecular complexity index is 943. The Morgan fingerprint density at radius 1 is 1.36 bits per heavy atom. The molecule has 0 bridgehead atoms. The highest BCUT2D eigenvalue weighted by Gasteiger charge is 2.57. The van der Waals surface area contributed by atoms with Crippen LogP contribution in [0.4, 0.5) is 4.39 Å². The molecule has 1 aromatic heterocycles. The van der Waals surface area contributed by atoms with Crippen molar-refractivity contribution in [3.05, 3.63) is 28.7 Å². The van der Waals surface area contributed by atoms with E-state index in [1.165, 1.54) is 16.6 Å². The minimum atomic E-state index is -3.19. The molecule has 1 saturated carbocycles. The average molecular weight is 388 g/mol. The van der Waals surface area contributed by atoms with Crippen LogP contribution in [0.5, 0.6) is 0 Å². The van der Waals surface area contributed by atoms with E-state index >= 15 is 0 Å². The molecule has 9 heteroatoms. The molecule has 2 aliphatic rings. The first kappa shape index (κ1) is 17.2. The number of hydrogen-bond acceptors (Lipinski definition) is 4. The largest absolute Gasteiger partial charge is 0.385 e. The van der Waals surface area contributed by atoms with Gasteiger partial charge in [0.15, 0.2) is 0 Å². The number of rotatable bonds is 2. The second-order valence-corrected chi connectivity index (χ2v) is 9.82. The quantitative estimate of drug-likeness (QED) is 0.828. The molecule has 0 radical (unpaired) electrons. The maximum Gasteiger partial charge on any atom is 0.211 e. The molecule has 2 fully saturated rings. The molecule has 0 unspecified atom stereocenters. The number of nitrogens with one attached hydrogen (secondary N) is 1. The van der Waals surface area contributed by atoms with Gasteiger partial charge in [0.2, 0.25) is 10.0 Å². The summed E-state index contributed by atoms with van der Waals surface area (Å²) in [6.45, 7) is 0.874. The predicted molar refractivity (Wildman–Crippen MR) is 92.3 cm³/mol. The molecule has 2 heterocycles. The van der Waals surface area contributed by atoms with Crippen molar-refractivity contribution in [2.24, 2.45) is 5.41 Å². The Morgan fingerprint density at radius 3 is 2.60 bits per heavy atom. The van der Waals surface area contributed by atoms with E-state index in [1.54, 1.807) is 6.20 Å². The summed E-state index contributed by atoms with van der Waals surface area (Å²) in [5.41, 5.74) is -0.833. The standard InChI is InChI=1S/C16H19ClFN3O3S/c1-25(23,24)21-4-2-15(3-5-21)8-16(22,9-15)12-13(18)11(17)6-10-7-19-20-14(10)12/h6-7,22H,2-5,8-9H2,1H3,(H,19,20). The van der Waals surface area contributed by atoms with Crippen LogP contribution >= 0.6 is 11.6 Å². The number of nitrogens with zero attached hydrogens (tertiary/aromatic N) is 2. The molecule has 25 heavy (non-hydrogen) atoms. The monoisotopic (exact) mass is 387 g/mol. The van der Waals surface area contributed by atoms with Gasteiger partial charge < -0.3 is 5.11 Å². The SMILES string of the molecule is CS(=O)(=O)N1CCC2(CC1)CC(O)(c1c(F)c(Cl)cc3cn[nH]c13)C2. The highest BCUT2D eigenvalue weighted by Crippen LogP contribution is 2.60. The predicted octanol–water partition coefficient (Wildman–Crippen LogP) is 2.38. The zero-order chi connectivity index (χ0) is 18.0. The first-order valence-corrected chi connectivity index (χ1v) is 10.4. The van der Waals surface area contributed by atoms with Crippen LogP contribution in [-0.2, 0) is 15.6 Å². The number of benzene rings is 1. The Balaban J connectivity index is 1.61. The van der Waals surface area contributed by atoms with Gasteiger partial charge >= 0.3 is 0 Å². The Kier molecular flexibility index (Phi) is 3.71. The summed E-state index contributed by atoms with van der Waals surface area (Å²) < 4.78 is 39.4. The highest BCUT2D eigenvalue weighted by atomic mass is 35.5. The molecule has 1 aliphatic carbocycles. The van der Waals surface area contributed by atoms with Crippen LogP contribution in [0, 0.1) is 11.2 Å². The fourth-order valence-corrected chi connectivity index (χ4v) is 5.54. The molecule has 4 rings (SSSR count). The lowest BCUT2D eigenvalue weighted by Gasteiger charge is -2.56. The average Bonchev–Trinajstić information content (AvgIpc) is 2.93. The van der Waals surface area contributed by atoms with Crippen molar-refractivity contribution in [3.63, 3.8) is 0 Å². The molecule has 2 aromatic rings. The van der Waals surface area contributed by atoms with Crippen molar-refractivity contribution in [1.29, 1.82) is 0 Å². The lowest BCUT2D eigenvalue weighted by molar-refractivity contribution is -0.151. The molecular weight excluding hydrogens is 369 g/mol. The third kappa shape index (κ3) is 2.66. The van der Waals surface area contributed by atoms with Gasteiger partial charge in [-0.25, -0.2) is 17.1 Å². The molecule has 1 aromatic carbocycles. The van der Waals surface area contributed by atoms with E-state index in [0.29, 0.717) is 49.7 Å². The van der Waals surface area contributed by atoms with Crippen LogP contribution in [0.1, 0.15) is 31.2 Å². The van der Waals surface area contributed by atoms with Crippen molar-refractivity contribution >= 4 is 32.5 Å². The zero-order valence-corrected chi connectivity index (χ0v) is 15.3. The van der Waals surface area contributed by atoms with Gasteiger partial charge in [0.05, 0.1) is 28.6 Å². The summed E-state index contributed by atoms with van der Waals surface area (Å²) in [7, 11) is -3.19. The molecule has 0 amide bonds. The Labute approximate surface area is 150 Å². The van der Waals surface area contributed by atoms with Gasteiger partial charge in [0.25, 0.3) is 0 Å². The molecule has 1 aliphatic heterocycles. The molecule has 136 valence electrons. The summed E-state index contributed by atoms with van der Waals surface area (Å²) in [5.74, 6) is -0.621. The fraction of sp³-hybridized carbons (Fsp3) is 0.562. The van der Waals surface area contributed by atoms with Crippen molar-refractivity contribution in [3.8, 4) is 0 Å². The van der Waals surface area contributed by atoms with Crippen molar-refractivity contribution in [1.82, 2.24) is 14.5 Å². The van der Waals surface area contributed by atoms with Crippen LogP contribution in [0.15, 0.2) is 12.3 Å². The van der Waals surface area contributed by atoms with E-state index in [9.17, 15) is 17.9 Å². The second kappa shape index (κ2) is 5.39. The van der Waals surface area contributed by atoms with E-state index in [4.69, 9.17) is 11.6 Å². The van der Waals surface area contributed by atoms with Crippen LogP contribution in [0.3, 0.4) is 0 Å². The number of aliphatic hydroxyl groups is 1. The summed E-state index contributed by atoms with van der Waals surface area (Å²) in [6, 6.07) is 1.49. The maximum atomic E-state index is 14.7. The van der Waals surface area contributed by atoms with Crippen LogP contribution < -0.4 is 0 Å². The molecule has 1 spiro atoms. The minimum absolute atomic E-state index is 0.0369. The normalized spacial score (nSPS) is 23.0. The molecule has 6 nitrogen and oxygen atoms in total. The number of halogens is 2. The fourth-order valence-electron chi connectivity index (χ4n) is 4.48. The zero-order valence-electron chi connectivity index (χ0n) is 13.7. The Morgan fingerprint density at radius 2 is 2.00 bits per heavy atom. The number of aromatic amines is 1. The van der Waals surface area contributed by atoms with Gasteiger partial charge in [-0.05, 0) is 37.2 Å². The summed E-state index contributed by atoms with van der Waals surface area (Å²) in [4.78, 5) is 0. The van der Waals surface area contributed by atoms with E-state index in [2.05, 4.69) is 10.2 Å². The van der Waals surface area contributed by atoms with E-state index in [1.807, 2.05) is 0 Å². The Hall–Kier alpha value is -1.22. The van der Waals surface area contributed by atoms with E-state index < -0.39 is 21.4 Å². The molecule has 1 saturated heterocycles. The topological polar surface area (TPSA) is 86.3 Å². The first-order valence-electron chi connectivity index (χ1n) is 8.13. The van der Waals surface area contributed by atoms with Crippen LogP contribution in [0.25, 0.3) is 10.9 Å². The second-order valence-electron chi connectivity index (χ2n) is 7.43. The number of fused-ring (bicyclic) bond motifs is 1. The number of H-pyrrole nitrogens is 1. The van der Waals surface area contributed by atoms with E-state index in [0.717, 1.165) is 0 Å². The summed E-state index contributed by atoms with van der Waals surface area (Å²) >= 11 is 5.98. The number of hydrogen-bond donors (Lipinski definition) is 2. The lowest BCUT2D eigenvalue weighted by atomic mass is 9.53. The third-order valence-corrected chi connectivity index (χ3v) is 7.26. The number of piperidine rings is 1. The highest BCUT2D eigenvalue weighted by molar-refractivity contribution is 7.88. The first-order chi connectivity index (χ1) is 11.6. The summed E-state index contributed by atoms with van der Waals surface area (Å²) in [5, 5.41) is 18.4. The van der Waals surface area contributed by atoms with E-state index in [-0.39, 0.29) is 16.0 Å². The van der Waals surface area contributed by atoms with Crippen LogP contribution in [0.2, 0.25) is 5.02 Å². The van der Waals surface area contributed by atoms with Gasteiger partial charge in [-0.3, -0.25) is 5.10 Å². The smallest absolute Gasteiger partial charge is 0.211 e. The van der Waals surface area contributed by atoms with Gasteiger partial charge in [-0.15, -0.1) is 0 Å². The molecule has 2 N–H and O–H groups in total. The number of aromatic nitrogens is 2. The van der Waals surface area contributed by atoms with Crippen molar-refractivity contribution in [2.75, 3.05) is 19.3 Å². The maximum absolute atomic E-state index is 14.7. The van der Waals surface area contributed by atoms with Gasteiger partial charge in [0, 0.05) is 24.0 Å². The summed E-state index contributed by atoms with van der Waals surface area (Å²) in [6.07, 6.45) is 4.87. The van der Waals surface area contributed by atoms with Gasteiger partial charge in [-0.2, -0.15) is 5.10 Å². The van der Waals surface area contributed by atoms with Gasteiger partial charge in [-0.1, -0.05) is 11.6 Å². The third-order valence-electron chi connectivity index (χ3n) is 5.68. The van der Waals surface area contributed by atoms with Crippen molar-refractivity contribution in [2.45, 2.75) is 31.3 Å². The van der Waals surface area contributed by atoms with Gasteiger partial charge in [0.1, 0.15) is 5.82 Å². The molecule has 0 atom stereocenters. The number of sulfonamides is 1. The molecular formula is C16H19ClFN3O3S.